The van der Waals surface area contributed by atoms with Crippen molar-refractivity contribution in [3.63, 3.8) is 0 Å². The van der Waals surface area contributed by atoms with Gasteiger partial charge in [-0.05, 0) is 48.2 Å². The third-order valence-electron chi connectivity index (χ3n) is 4.93. The average Bonchev–Trinajstić information content (AvgIpc) is 2.70. The molecule has 28 heavy (non-hydrogen) atoms. The second-order valence-corrected chi connectivity index (χ2v) is 7.28. The average molecular weight is 399 g/mol. The monoisotopic (exact) mass is 398 g/mol. The Kier molecular flexibility index (Phi) is 5.09. The first-order valence-corrected chi connectivity index (χ1v) is 9.55. The molecule has 6 heteroatoms. The van der Waals surface area contributed by atoms with Crippen LogP contribution in [-0.2, 0) is 29.0 Å². The fraction of sp³-hybridized carbons (Fsp3) is 0.273. The van der Waals surface area contributed by atoms with E-state index in [-0.39, 0.29) is 19.2 Å². The number of benzene rings is 2. The minimum absolute atomic E-state index is 0.00527. The summed E-state index contributed by atoms with van der Waals surface area (Å²) in [4.78, 5) is 24.4. The number of ether oxygens (including phenoxy) is 2. The molecule has 0 saturated carbocycles. The number of halogens is 1. The van der Waals surface area contributed by atoms with Gasteiger partial charge in [-0.3, -0.25) is 4.79 Å². The van der Waals surface area contributed by atoms with Gasteiger partial charge in [-0.15, -0.1) is 0 Å². The number of carbonyl (C=O) groups is 1. The Labute approximate surface area is 166 Å². The van der Waals surface area contributed by atoms with Crippen LogP contribution >= 0.6 is 11.6 Å². The molecule has 0 bridgehead atoms. The Bertz CT molecular complexity index is 1100. The van der Waals surface area contributed by atoms with Gasteiger partial charge in [-0.2, -0.15) is 0 Å². The van der Waals surface area contributed by atoms with Gasteiger partial charge in [0.05, 0.1) is 5.92 Å². The summed E-state index contributed by atoms with van der Waals surface area (Å²) in [5.74, 6) is -0.0342. The van der Waals surface area contributed by atoms with Crippen molar-refractivity contribution < 1.29 is 18.7 Å². The lowest BCUT2D eigenvalue weighted by molar-refractivity contribution is -0.151. The van der Waals surface area contributed by atoms with Gasteiger partial charge in [-0.1, -0.05) is 30.7 Å². The molecule has 4 rings (SSSR count). The fourth-order valence-corrected chi connectivity index (χ4v) is 3.59. The van der Waals surface area contributed by atoms with Crippen molar-refractivity contribution >= 4 is 28.5 Å². The van der Waals surface area contributed by atoms with E-state index < -0.39 is 11.5 Å². The van der Waals surface area contributed by atoms with Crippen LogP contribution in [0.1, 0.15) is 23.6 Å². The molecule has 0 amide bonds. The molecule has 1 aromatic heterocycles. The zero-order valence-electron chi connectivity index (χ0n) is 15.4. The van der Waals surface area contributed by atoms with Crippen LogP contribution in [0.3, 0.4) is 0 Å². The van der Waals surface area contributed by atoms with E-state index in [2.05, 4.69) is 0 Å². The highest BCUT2D eigenvalue weighted by Crippen LogP contribution is 2.30. The Morgan fingerprint density at radius 1 is 1.21 bits per heavy atom. The molecule has 2 aromatic carbocycles. The van der Waals surface area contributed by atoms with Crippen LogP contribution in [-0.4, -0.2) is 12.6 Å². The molecule has 1 aliphatic heterocycles. The SMILES string of the molecule is CCc1ccc2c(COC(=O)C3COc4ccc(Cl)cc4C3)cc(=O)oc2c1. The number of hydrogen-bond donors (Lipinski definition) is 0. The number of rotatable bonds is 4. The highest BCUT2D eigenvalue weighted by molar-refractivity contribution is 6.30. The lowest BCUT2D eigenvalue weighted by Crippen LogP contribution is -2.29. The second-order valence-electron chi connectivity index (χ2n) is 6.85. The summed E-state index contributed by atoms with van der Waals surface area (Å²) >= 11 is 6.03. The van der Waals surface area contributed by atoms with E-state index in [0.29, 0.717) is 22.6 Å². The van der Waals surface area contributed by atoms with Crippen molar-refractivity contribution in [3.05, 3.63) is 74.6 Å². The normalized spacial score (nSPS) is 15.7. The summed E-state index contributed by atoms with van der Waals surface area (Å²) in [7, 11) is 0. The van der Waals surface area contributed by atoms with Crippen LogP contribution in [0.15, 0.2) is 51.7 Å². The molecule has 144 valence electrons. The number of fused-ring (bicyclic) bond motifs is 2. The molecule has 2 heterocycles. The first-order valence-electron chi connectivity index (χ1n) is 9.17. The summed E-state index contributed by atoms with van der Waals surface area (Å²) in [6.07, 6.45) is 1.35. The van der Waals surface area contributed by atoms with Crippen LogP contribution in [0.5, 0.6) is 5.75 Å². The molecule has 0 aliphatic carbocycles. The highest BCUT2D eigenvalue weighted by atomic mass is 35.5. The van der Waals surface area contributed by atoms with E-state index in [0.717, 1.165) is 28.7 Å². The van der Waals surface area contributed by atoms with Crippen molar-refractivity contribution in [1.82, 2.24) is 0 Å². The van der Waals surface area contributed by atoms with E-state index >= 15 is 0 Å². The van der Waals surface area contributed by atoms with Crippen molar-refractivity contribution in [2.24, 2.45) is 5.92 Å². The Morgan fingerprint density at radius 3 is 2.89 bits per heavy atom. The number of aryl methyl sites for hydroxylation is 1. The van der Waals surface area contributed by atoms with Crippen molar-refractivity contribution in [3.8, 4) is 5.75 Å². The molecule has 1 aliphatic rings. The van der Waals surface area contributed by atoms with Gasteiger partial charge in [0, 0.05) is 22.0 Å². The molecular formula is C22H19ClO5. The molecule has 0 radical (unpaired) electrons. The van der Waals surface area contributed by atoms with Gasteiger partial charge < -0.3 is 13.9 Å². The highest BCUT2D eigenvalue weighted by Gasteiger charge is 2.27. The smallest absolute Gasteiger partial charge is 0.336 e. The van der Waals surface area contributed by atoms with E-state index in [1.165, 1.54) is 6.07 Å². The molecule has 0 spiro atoms. The zero-order chi connectivity index (χ0) is 19.7. The van der Waals surface area contributed by atoms with E-state index in [4.69, 9.17) is 25.5 Å². The maximum atomic E-state index is 12.6. The molecule has 5 nitrogen and oxygen atoms in total. The van der Waals surface area contributed by atoms with E-state index in [1.807, 2.05) is 25.1 Å². The summed E-state index contributed by atoms with van der Waals surface area (Å²) in [5, 5.41) is 1.37. The van der Waals surface area contributed by atoms with E-state index in [1.54, 1.807) is 18.2 Å². The standard InChI is InChI=1S/C22H19ClO5/c1-2-13-3-5-18-15(10-21(24)28-20(18)7-13)11-27-22(25)16-8-14-9-17(23)4-6-19(14)26-12-16/h3-7,9-10,16H,2,8,11-12H2,1H3. The maximum Gasteiger partial charge on any atom is 0.336 e. The van der Waals surface area contributed by atoms with Crippen LogP contribution in [0.2, 0.25) is 5.02 Å². The van der Waals surface area contributed by atoms with Gasteiger partial charge >= 0.3 is 11.6 Å². The van der Waals surface area contributed by atoms with Gasteiger partial charge in [0.15, 0.2) is 0 Å². The zero-order valence-corrected chi connectivity index (χ0v) is 16.1. The van der Waals surface area contributed by atoms with Crippen LogP contribution in [0.4, 0.5) is 0 Å². The van der Waals surface area contributed by atoms with Gasteiger partial charge in [0.2, 0.25) is 0 Å². The van der Waals surface area contributed by atoms with Gasteiger partial charge in [0.1, 0.15) is 24.5 Å². The van der Waals surface area contributed by atoms with Crippen molar-refractivity contribution in [2.45, 2.75) is 26.4 Å². The Hall–Kier alpha value is -2.79. The van der Waals surface area contributed by atoms with Gasteiger partial charge in [0.25, 0.3) is 0 Å². The minimum atomic E-state index is -0.462. The maximum absolute atomic E-state index is 12.6. The third kappa shape index (κ3) is 3.76. The summed E-state index contributed by atoms with van der Waals surface area (Å²) < 4.78 is 16.4. The summed E-state index contributed by atoms with van der Waals surface area (Å²) in [6.45, 7) is 2.29. The quantitative estimate of drug-likeness (QED) is 0.484. The third-order valence-corrected chi connectivity index (χ3v) is 5.17. The van der Waals surface area contributed by atoms with Crippen LogP contribution < -0.4 is 10.4 Å². The topological polar surface area (TPSA) is 65.7 Å². The number of hydrogen-bond acceptors (Lipinski definition) is 5. The van der Waals surface area contributed by atoms with Gasteiger partial charge in [-0.25, -0.2) is 4.79 Å². The van der Waals surface area contributed by atoms with Crippen molar-refractivity contribution in [2.75, 3.05) is 6.61 Å². The molecule has 0 N–H and O–H groups in total. The molecule has 0 fully saturated rings. The molecule has 0 saturated heterocycles. The molecule has 1 unspecified atom stereocenters. The molecule has 1 atom stereocenters. The second kappa shape index (κ2) is 7.68. The molecular weight excluding hydrogens is 380 g/mol. The first-order chi connectivity index (χ1) is 13.5. The lowest BCUT2D eigenvalue weighted by Gasteiger charge is -2.24. The first kappa shape index (κ1) is 18.6. The number of carbonyl (C=O) groups excluding carboxylic acids is 1. The van der Waals surface area contributed by atoms with Crippen LogP contribution in [0, 0.1) is 5.92 Å². The fourth-order valence-electron chi connectivity index (χ4n) is 3.39. The predicted molar refractivity (Wildman–Crippen MR) is 106 cm³/mol. The van der Waals surface area contributed by atoms with Crippen molar-refractivity contribution in [1.29, 1.82) is 0 Å². The predicted octanol–water partition coefficient (Wildman–Crippen LogP) is 4.30. The summed E-state index contributed by atoms with van der Waals surface area (Å²) in [6, 6.07) is 12.4. The summed E-state index contributed by atoms with van der Waals surface area (Å²) in [5.41, 5.74) is 2.63. The Balaban J connectivity index is 1.50. The van der Waals surface area contributed by atoms with E-state index in [9.17, 15) is 9.59 Å². The van der Waals surface area contributed by atoms with Crippen LogP contribution in [0.25, 0.3) is 11.0 Å². The lowest BCUT2D eigenvalue weighted by atomic mass is 9.97. The minimum Gasteiger partial charge on any atom is -0.492 e. The Morgan fingerprint density at radius 2 is 2.07 bits per heavy atom. The molecule has 3 aromatic rings. The number of esters is 1. The largest absolute Gasteiger partial charge is 0.492 e.